The molecule has 0 spiro atoms. The number of carbonyl (C=O) groups is 1. The number of benzene rings is 2. The maximum Gasteiger partial charge on any atom is 0.355 e. The molecular formula is C16H13FO2S. The minimum absolute atomic E-state index is 0.0371. The number of rotatable bonds is 3. The Morgan fingerprint density at radius 1 is 1.05 bits per heavy atom. The van der Waals surface area contributed by atoms with Crippen molar-refractivity contribution in [1.82, 2.24) is 0 Å². The lowest BCUT2D eigenvalue weighted by Crippen LogP contribution is -2.23. The molecule has 0 aliphatic carbocycles. The number of alkyl halides is 1. The van der Waals surface area contributed by atoms with Gasteiger partial charge in [-0.2, -0.15) is 0 Å². The van der Waals surface area contributed by atoms with Crippen molar-refractivity contribution in [2.75, 3.05) is 0 Å². The van der Waals surface area contributed by atoms with E-state index in [4.69, 9.17) is 4.74 Å². The third-order valence-corrected chi connectivity index (χ3v) is 4.36. The van der Waals surface area contributed by atoms with E-state index in [2.05, 4.69) is 0 Å². The second-order valence-electron chi connectivity index (χ2n) is 4.65. The zero-order chi connectivity index (χ0) is 14.0. The first-order valence-corrected chi connectivity index (χ1v) is 7.18. The Balaban J connectivity index is 1.79. The molecule has 2 atom stereocenters. The van der Waals surface area contributed by atoms with Gasteiger partial charge in [0.15, 0.2) is 0 Å². The molecule has 0 unspecified atom stereocenters. The molecule has 0 amide bonds. The number of ether oxygens (including phenoxy) is 1. The molecule has 1 fully saturated rings. The van der Waals surface area contributed by atoms with Gasteiger partial charge in [-0.05, 0) is 17.7 Å². The highest BCUT2D eigenvalue weighted by atomic mass is 32.2. The predicted octanol–water partition coefficient (Wildman–Crippen LogP) is 4.13. The highest BCUT2D eigenvalue weighted by Gasteiger charge is 2.51. The number of thioether (sulfide) groups is 1. The number of hydrogen-bond donors (Lipinski definition) is 0. The maximum atomic E-state index is 14.8. The van der Waals surface area contributed by atoms with E-state index in [1.54, 1.807) is 12.1 Å². The molecule has 0 N–H and O–H groups in total. The first-order valence-electron chi connectivity index (χ1n) is 6.36. The minimum atomic E-state index is -2.01. The molecular weight excluding hydrogens is 275 g/mol. The van der Waals surface area contributed by atoms with Crippen molar-refractivity contribution in [3.05, 3.63) is 66.2 Å². The SMILES string of the molecule is O=C1O[C@@H](c2ccccc2)C[C@]1(F)Sc1ccccc1. The van der Waals surface area contributed by atoms with Gasteiger partial charge in [0.2, 0.25) is 0 Å². The van der Waals surface area contributed by atoms with Crippen LogP contribution in [0.1, 0.15) is 18.1 Å². The molecule has 2 nitrogen and oxygen atoms in total. The lowest BCUT2D eigenvalue weighted by molar-refractivity contribution is -0.146. The van der Waals surface area contributed by atoms with Gasteiger partial charge in [-0.25, -0.2) is 9.18 Å². The molecule has 4 heteroatoms. The van der Waals surface area contributed by atoms with Crippen LogP contribution in [-0.2, 0) is 9.53 Å². The molecule has 2 aromatic carbocycles. The lowest BCUT2D eigenvalue weighted by Gasteiger charge is -2.13. The zero-order valence-electron chi connectivity index (χ0n) is 10.7. The van der Waals surface area contributed by atoms with Gasteiger partial charge in [0.05, 0.1) is 0 Å². The van der Waals surface area contributed by atoms with Gasteiger partial charge in [-0.3, -0.25) is 0 Å². The smallest absolute Gasteiger partial charge is 0.355 e. The topological polar surface area (TPSA) is 26.3 Å². The summed E-state index contributed by atoms with van der Waals surface area (Å²) in [5, 5.41) is -2.01. The maximum absolute atomic E-state index is 14.8. The van der Waals surface area contributed by atoms with Crippen LogP contribution < -0.4 is 0 Å². The summed E-state index contributed by atoms with van der Waals surface area (Å²) in [6.45, 7) is 0. The molecule has 102 valence electrons. The van der Waals surface area contributed by atoms with E-state index >= 15 is 0 Å². The van der Waals surface area contributed by atoms with E-state index in [0.717, 1.165) is 22.2 Å². The average molecular weight is 288 g/mol. The fourth-order valence-corrected chi connectivity index (χ4v) is 3.23. The minimum Gasteiger partial charge on any atom is -0.454 e. The van der Waals surface area contributed by atoms with Crippen molar-refractivity contribution in [1.29, 1.82) is 0 Å². The second kappa shape index (κ2) is 5.29. The predicted molar refractivity (Wildman–Crippen MR) is 76.0 cm³/mol. The summed E-state index contributed by atoms with van der Waals surface area (Å²) in [7, 11) is 0. The third kappa shape index (κ3) is 2.56. The molecule has 0 aromatic heterocycles. The van der Waals surface area contributed by atoms with Crippen LogP contribution in [0.25, 0.3) is 0 Å². The Kier molecular flexibility index (Phi) is 3.49. The summed E-state index contributed by atoms with van der Waals surface area (Å²) >= 11 is 0.919. The lowest BCUT2D eigenvalue weighted by atomic mass is 10.1. The van der Waals surface area contributed by atoms with Gasteiger partial charge >= 0.3 is 5.97 Å². The number of hydrogen-bond acceptors (Lipinski definition) is 3. The van der Waals surface area contributed by atoms with E-state index in [0.29, 0.717) is 0 Å². The standard InChI is InChI=1S/C16H13FO2S/c17-16(20-13-9-5-2-6-10-13)11-14(19-15(16)18)12-7-3-1-4-8-12/h1-10,14H,11H2/t14-,16+/m1/s1. The fourth-order valence-electron chi connectivity index (χ4n) is 2.19. The number of carbonyl (C=O) groups excluding carboxylic acids is 1. The molecule has 20 heavy (non-hydrogen) atoms. The Bertz CT molecular complexity index is 602. The Labute approximate surface area is 121 Å². The van der Waals surface area contributed by atoms with Crippen LogP contribution in [0.5, 0.6) is 0 Å². The fraction of sp³-hybridized carbons (Fsp3) is 0.188. The van der Waals surface area contributed by atoms with Crippen molar-refractivity contribution in [3.8, 4) is 0 Å². The van der Waals surface area contributed by atoms with E-state index in [-0.39, 0.29) is 6.42 Å². The average Bonchev–Trinajstić information content (AvgIpc) is 2.77. The first kappa shape index (κ1) is 13.2. The molecule has 3 rings (SSSR count). The van der Waals surface area contributed by atoms with Crippen molar-refractivity contribution in [2.24, 2.45) is 0 Å². The number of halogens is 1. The quantitative estimate of drug-likeness (QED) is 0.794. The van der Waals surface area contributed by atoms with Gasteiger partial charge in [0.25, 0.3) is 5.00 Å². The van der Waals surface area contributed by atoms with Crippen LogP contribution in [0.15, 0.2) is 65.6 Å². The van der Waals surface area contributed by atoms with E-state index < -0.39 is 17.1 Å². The molecule has 0 radical (unpaired) electrons. The highest BCUT2D eigenvalue weighted by molar-refractivity contribution is 8.01. The highest BCUT2D eigenvalue weighted by Crippen LogP contribution is 2.48. The molecule has 1 heterocycles. The molecule has 1 aliphatic rings. The molecule has 2 aromatic rings. The van der Waals surface area contributed by atoms with Crippen LogP contribution in [0.4, 0.5) is 4.39 Å². The summed E-state index contributed by atoms with van der Waals surface area (Å²) in [6.07, 6.45) is -0.472. The van der Waals surface area contributed by atoms with Crippen LogP contribution >= 0.6 is 11.8 Å². The molecule has 0 bridgehead atoms. The summed E-state index contributed by atoms with van der Waals surface area (Å²) in [5.41, 5.74) is 0.828. The Morgan fingerprint density at radius 2 is 1.65 bits per heavy atom. The van der Waals surface area contributed by atoms with E-state index in [1.807, 2.05) is 48.5 Å². The van der Waals surface area contributed by atoms with Gasteiger partial charge in [0.1, 0.15) is 6.10 Å². The zero-order valence-corrected chi connectivity index (χ0v) is 11.5. The van der Waals surface area contributed by atoms with Crippen LogP contribution in [0, 0.1) is 0 Å². The largest absolute Gasteiger partial charge is 0.454 e. The van der Waals surface area contributed by atoms with Gasteiger partial charge in [-0.15, -0.1) is 0 Å². The molecule has 0 saturated carbocycles. The number of cyclic esters (lactones) is 1. The third-order valence-electron chi connectivity index (χ3n) is 3.20. The van der Waals surface area contributed by atoms with Crippen LogP contribution in [0.3, 0.4) is 0 Å². The summed E-state index contributed by atoms with van der Waals surface area (Å²) in [4.78, 5) is 12.6. The van der Waals surface area contributed by atoms with Gasteiger partial charge < -0.3 is 4.74 Å². The summed E-state index contributed by atoms with van der Waals surface area (Å²) in [5.74, 6) is -0.791. The summed E-state index contributed by atoms with van der Waals surface area (Å²) < 4.78 is 20.0. The Morgan fingerprint density at radius 3 is 2.30 bits per heavy atom. The van der Waals surface area contributed by atoms with E-state index in [1.165, 1.54) is 0 Å². The van der Waals surface area contributed by atoms with Crippen molar-refractivity contribution in [3.63, 3.8) is 0 Å². The van der Waals surface area contributed by atoms with E-state index in [9.17, 15) is 9.18 Å². The molecule has 1 aliphatic heterocycles. The van der Waals surface area contributed by atoms with Crippen molar-refractivity contribution < 1.29 is 13.9 Å². The number of esters is 1. The van der Waals surface area contributed by atoms with Gasteiger partial charge in [-0.1, -0.05) is 60.3 Å². The van der Waals surface area contributed by atoms with Gasteiger partial charge in [0, 0.05) is 11.3 Å². The second-order valence-corrected chi connectivity index (χ2v) is 5.97. The van der Waals surface area contributed by atoms with Crippen molar-refractivity contribution in [2.45, 2.75) is 22.4 Å². The normalized spacial score (nSPS) is 25.4. The van der Waals surface area contributed by atoms with Crippen molar-refractivity contribution >= 4 is 17.7 Å². The molecule has 1 saturated heterocycles. The van der Waals surface area contributed by atoms with Crippen LogP contribution in [-0.4, -0.2) is 11.0 Å². The first-order chi connectivity index (χ1) is 9.67. The Hall–Kier alpha value is -1.81. The summed E-state index contributed by atoms with van der Waals surface area (Å²) in [6, 6.07) is 18.3. The van der Waals surface area contributed by atoms with Crippen LogP contribution in [0.2, 0.25) is 0 Å². The monoisotopic (exact) mass is 288 g/mol.